The second-order valence-electron chi connectivity index (χ2n) is 4.46. The number of aromatic nitrogens is 4. The largest absolute Gasteiger partial charge is 0.494 e. The van der Waals surface area contributed by atoms with Gasteiger partial charge in [-0.1, -0.05) is 12.1 Å². The SMILES string of the molecule is CCOC(=O)c1nnnn1CCCOc1cccc(C)c1. The summed E-state index contributed by atoms with van der Waals surface area (Å²) in [6.07, 6.45) is 0.686. The molecule has 0 bridgehead atoms. The Morgan fingerprint density at radius 1 is 1.38 bits per heavy atom. The number of esters is 1. The lowest BCUT2D eigenvalue weighted by molar-refractivity contribution is 0.0503. The van der Waals surface area contributed by atoms with Crippen molar-refractivity contribution in [1.82, 2.24) is 20.2 Å². The predicted molar refractivity (Wildman–Crippen MR) is 75.1 cm³/mol. The van der Waals surface area contributed by atoms with Gasteiger partial charge in [0, 0.05) is 13.0 Å². The number of carbonyl (C=O) groups is 1. The number of aryl methyl sites for hydroxylation is 2. The van der Waals surface area contributed by atoms with Gasteiger partial charge in [-0.15, -0.1) is 5.10 Å². The van der Waals surface area contributed by atoms with Crippen molar-refractivity contribution < 1.29 is 14.3 Å². The highest BCUT2D eigenvalue weighted by atomic mass is 16.5. The van der Waals surface area contributed by atoms with Crippen LogP contribution in [0.2, 0.25) is 0 Å². The molecule has 1 heterocycles. The summed E-state index contributed by atoms with van der Waals surface area (Å²) in [6, 6.07) is 7.85. The van der Waals surface area contributed by atoms with Crippen molar-refractivity contribution in [3.8, 4) is 5.75 Å². The Bertz CT molecular complexity index is 597. The molecule has 0 aliphatic rings. The van der Waals surface area contributed by atoms with Gasteiger partial charge in [-0.05, 0) is 42.0 Å². The lowest BCUT2D eigenvalue weighted by Crippen LogP contribution is -2.15. The molecule has 0 atom stereocenters. The normalized spacial score (nSPS) is 10.4. The van der Waals surface area contributed by atoms with E-state index in [4.69, 9.17) is 9.47 Å². The van der Waals surface area contributed by atoms with Crippen LogP contribution >= 0.6 is 0 Å². The van der Waals surface area contributed by atoms with E-state index in [9.17, 15) is 4.79 Å². The maximum absolute atomic E-state index is 11.6. The molecule has 112 valence electrons. The van der Waals surface area contributed by atoms with Crippen LogP contribution in [0.5, 0.6) is 5.75 Å². The van der Waals surface area contributed by atoms with Crippen molar-refractivity contribution >= 4 is 5.97 Å². The van der Waals surface area contributed by atoms with E-state index < -0.39 is 5.97 Å². The van der Waals surface area contributed by atoms with Crippen LogP contribution in [0.15, 0.2) is 24.3 Å². The molecule has 0 fully saturated rings. The average Bonchev–Trinajstić information content (AvgIpc) is 2.92. The van der Waals surface area contributed by atoms with Gasteiger partial charge in [0.1, 0.15) is 5.75 Å². The quantitative estimate of drug-likeness (QED) is 0.569. The van der Waals surface area contributed by atoms with E-state index in [1.807, 2.05) is 31.2 Å². The molecule has 0 aliphatic carbocycles. The summed E-state index contributed by atoms with van der Waals surface area (Å²) in [7, 11) is 0. The Morgan fingerprint density at radius 3 is 3.00 bits per heavy atom. The summed E-state index contributed by atoms with van der Waals surface area (Å²) >= 11 is 0. The second-order valence-corrected chi connectivity index (χ2v) is 4.46. The molecule has 0 saturated carbocycles. The van der Waals surface area contributed by atoms with Crippen LogP contribution in [0, 0.1) is 6.92 Å². The zero-order chi connectivity index (χ0) is 15.1. The third-order valence-corrected chi connectivity index (χ3v) is 2.76. The van der Waals surface area contributed by atoms with Crippen molar-refractivity contribution in [3.63, 3.8) is 0 Å². The molecule has 1 aromatic carbocycles. The Labute approximate surface area is 122 Å². The number of hydrogen-bond donors (Lipinski definition) is 0. The number of benzene rings is 1. The third kappa shape index (κ3) is 4.27. The van der Waals surface area contributed by atoms with Gasteiger partial charge in [0.25, 0.3) is 5.82 Å². The van der Waals surface area contributed by atoms with Gasteiger partial charge >= 0.3 is 5.97 Å². The first kappa shape index (κ1) is 15.0. The maximum Gasteiger partial charge on any atom is 0.378 e. The van der Waals surface area contributed by atoms with Crippen molar-refractivity contribution in [1.29, 1.82) is 0 Å². The molecule has 0 spiro atoms. The fourth-order valence-electron chi connectivity index (χ4n) is 1.81. The van der Waals surface area contributed by atoms with Gasteiger partial charge in [-0.3, -0.25) is 0 Å². The molecule has 0 aliphatic heterocycles. The minimum atomic E-state index is -0.512. The highest BCUT2D eigenvalue weighted by Gasteiger charge is 2.16. The molecule has 7 nitrogen and oxygen atoms in total. The number of nitrogens with zero attached hydrogens (tertiary/aromatic N) is 4. The van der Waals surface area contributed by atoms with Gasteiger partial charge < -0.3 is 9.47 Å². The summed E-state index contributed by atoms with van der Waals surface area (Å²) in [6.45, 7) is 5.06. The van der Waals surface area contributed by atoms with E-state index in [2.05, 4.69) is 15.5 Å². The van der Waals surface area contributed by atoms with E-state index in [1.165, 1.54) is 4.68 Å². The second kappa shape index (κ2) is 7.37. The zero-order valence-corrected chi connectivity index (χ0v) is 12.2. The maximum atomic E-state index is 11.6. The Balaban J connectivity index is 1.81. The standard InChI is InChI=1S/C14H18N4O3/c1-3-20-14(19)13-15-16-17-18(13)8-5-9-21-12-7-4-6-11(2)10-12/h4,6-7,10H,3,5,8-9H2,1-2H3. The van der Waals surface area contributed by atoms with E-state index in [0.29, 0.717) is 26.2 Å². The molecule has 0 N–H and O–H groups in total. The van der Waals surface area contributed by atoms with Crippen LogP contribution in [0.4, 0.5) is 0 Å². The molecular formula is C14H18N4O3. The van der Waals surface area contributed by atoms with E-state index in [-0.39, 0.29) is 5.82 Å². The molecule has 0 amide bonds. The first-order chi connectivity index (χ1) is 10.2. The third-order valence-electron chi connectivity index (χ3n) is 2.76. The summed E-state index contributed by atoms with van der Waals surface area (Å²) in [5, 5.41) is 10.9. The van der Waals surface area contributed by atoms with Crippen molar-refractivity contribution in [2.45, 2.75) is 26.8 Å². The number of rotatable bonds is 7. The number of hydrogen-bond acceptors (Lipinski definition) is 6. The van der Waals surface area contributed by atoms with E-state index in [0.717, 1.165) is 11.3 Å². The van der Waals surface area contributed by atoms with Crippen LogP contribution < -0.4 is 4.74 Å². The molecule has 21 heavy (non-hydrogen) atoms. The molecule has 1 aromatic heterocycles. The minimum Gasteiger partial charge on any atom is -0.494 e. The minimum absolute atomic E-state index is 0.118. The fraction of sp³-hybridized carbons (Fsp3) is 0.429. The van der Waals surface area contributed by atoms with Gasteiger partial charge in [0.15, 0.2) is 0 Å². The van der Waals surface area contributed by atoms with Gasteiger partial charge in [-0.25, -0.2) is 9.48 Å². The highest BCUT2D eigenvalue weighted by Crippen LogP contribution is 2.12. The topological polar surface area (TPSA) is 79.1 Å². The Morgan fingerprint density at radius 2 is 2.24 bits per heavy atom. The van der Waals surface area contributed by atoms with Crippen LogP contribution in [0.25, 0.3) is 0 Å². The van der Waals surface area contributed by atoms with Gasteiger partial charge in [-0.2, -0.15) is 0 Å². The molecule has 2 rings (SSSR count). The number of carbonyl (C=O) groups excluding carboxylic acids is 1. The summed E-state index contributed by atoms with van der Waals surface area (Å²) in [4.78, 5) is 11.6. The number of tetrazole rings is 1. The summed E-state index contributed by atoms with van der Waals surface area (Å²) < 4.78 is 11.9. The predicted octanol–water partition coefficient (Wildman–Crippen LogP) is 1.63. The monoisotopic (exact) mass is 290 g/mol. The summed E-state index contributed by atoms with van der Waals surface area (Å²) in [5.74, 6) is 0.437. The molecular weight excluding hydrogens is 272 g/mol. The van der Waals surface area contributed by atoms with Crippen molar-refractivity contribution in [2.24, 2.45) is 0 Å². The molecule has 0 saturated heterocycles. The molecule has 2 aromatic rings. The Kier molecular flexibility index (Phi) is 5.25. The van der Waals surface area contributed by atoms with Crippen LogP contribution in [0.1, 0.15) is 29.5 Å². The zero-order valence-electron chi connectivity index (χ0n) is 12.2. The lowest BCUT2D eigenvalue weighted by atomic mass is 10.2. The number of ether oxygens (including phenoxy) is 2. The van der Waals surface area contributed by atoms with Crippen LogP contribution in [0.3, 0.4) is 0 Å². The Hall–Kier alpha value is -2.44. The molecule has 0 unspecified atom stereocenters. The molecule has 0 radical (unpaired) electrons. The van der Waals surface area contributed by atoms with Crippen molar-refractivity contribution in [2.75, 3.05) is 13.2 Å². The van der Waals surface area contributed by atoms with Crippen molar-refractivity contribution in [3.05, 3.63) is 35.7 Å². The van der Waals surface area contributed by atoms with Crippen LogP contribution in [-0.4, -0.2) is 39.4 Å². The first-order valence-electron chi connectivity index (χ1n) is 6.83. The smallest absolute Gasteiger partial charge is 0.378 e. The average molecular weight is 290 g/mol. The highest BCUT2D eigenvalue weighted by molar-refractivity contribution is 5.85. The van der Waals surface area contributed by atoms with E-state index >= 15 is 0 Å². The summed E-state index contributed by atoms with van der Waals surface area (Å²) in [5.41, 5.74) is 1.15. The first-order valence-corrected chi connectivity index (χ1v) is 6.83. The van der Waals surface area contributed by atoms with Gasteiger partial charge in [0.05, 0.1) is 13.2 Å². The fourth-order valence-corrected chi connectivity index (χ4v) is 1.81. The van der Waals surface area contributed by atoms with Gasteiger partial charge in [0.2, 0.25) is 0 Å². The molecule has 7 heteroatoms. The van der Waals surface area contributed by atoms with E-state index in [1.54, 1.807) is 6.92 Å². The lowest BCUT2D eigenvalue weighted by Gasteiger charge is -2.07. The van der Waals surface area contributed by atoms with Crippen LogP contribution in [-0.2, 0) is 11.3 Å².